The molecule has 0 unspecified atom stereocenters. The third-order valence-corrected chi connectivity index (χ3v) is 8.04. The van der Waals surface area contributed by atoms with Gasteiger partial charge in [-0.15, -0.1) is 0 Å². The number of rotatable bonds is 6. The fraction of sp³-hybridized carbons (Fsp3) is 0.379. The minimum absolute atomic E-state index is 0.274. The average Bonchev–Trinajstić information content (AvgIpc) is 3.72. The highest BCUT2D eigenvalue weighted by Gasteiger charge is 2.76. The maximum absolute atomic E-state index is 12.7. The molecule has 3 aromatic rings. The number of nitrogens with zero attached hydrogens (tertiary/aromatic N) is 3. The molecule has 1 aromatic heterocycles. The molecule has 186 valence electrons. The van der Waals surface area contributed by atoms with Gasteiger partial charge in [0, 0.05) is 31.0 Å². The van der Waals surface area contributed by atoms with Crippen molar-refractivity contribution in [3.05, 3.63) is 89.7 Å². The third-order valence-electron chi connectivity index (χ3n) is 8.04. The van der Waals surface area contributed by atoms with E-state index in [1.807, 2.05) is 48.5 Å². The molecule has 0 bridgehead atoms. The van der Waals surface area contributed by atoms with Gasteiger partial charge in [0.15, 0.2) is 11.2 Å². The summed E-state index contributed by atoms with van der Waals surface area (Å²) in [6.07, 6.45) is 4.44. The van der Waals surface area contributed by atoms with Crippen LogP contribution in [0, 0.1) is 17.8 Å². The van der Waals surface area contributed by atoms with Crippen molar-refractivity contribution in [3.8, 4) is 18.1 Å². The molecule has 7 nitrogen and oxygen atoms in total. The van der Waals surface area contributed by atoms with E-state index in [0.717, 1.165) is 11.1 Å². The van der Waals surface area contributed by atoms with Gasteiger partial charge in [-0.1, -0.05) is 60.7 Å². The van der Waals surface area contributed by atoms with Crippen LogP contribution in [-0.2, 0) is 11.2 Å². The number of hydrogen-bond acceptors (Lipinski definition) is 7. The Hall–Kier alpha value is -3.44. The van der Waals surface area contributed by atoms with Gasteiger partial charge in [0.25, 0.3) is 0 Å². The Morgan fingerprint density at radius 3 is 2.33 bits per heavy atom. The first-order valence-electron chi connectivity index (χ1n) is 12.2. The Morgan fingerprint density at radius 1 is 1.08 bits per heavy atom. The quantitative estimate of drug-likeness (QED) is 0.551. The molecule has 0 radical (unpaired) electrons. The lowest BCUT2D eigenvalue weighted by molar-refractivity contribution is -0.152. The monoisotopic (exact) mass is 485 g/mol. The highest BCUT2D eigenvalue weighted by atomic mass is 16.5. The Labute approximate surface area is 211 Å². The Morgan fingerprint density at radius 2 is 1.72 bits per heavy atom. The van der Waals surface area contributed by atoms with Crippen molar-refractivity contribution in [1.82, 2.24) is 9.88 Å². The van der Waals surface area contributed by atoms with E-state index in [1.165, 1.54) is 12.8 Å². The Bertz CT molecular complexity index is 1230. The van der Waals surface area contributed by atoms with Gasteiger partial charge in [-0.25, -0.2) is 5.26 Å². The fourth-order valence-corrected chi connectivity index (χ4v) is 6.42. The number of aliphatic hydroxyl groups is 2. The van der Waals surface area contributed by atoms with E-state index < -0.39 is 17.3 Å². The highest BCUT2D eigenvalue weighted by Crippen LogP contribution is 2.69. The lowest BCUT2D eigenvalue weighted by Crippen LogP contribution is -2.52. The summed E-state index contributed by atoms with van der Waals surface area (Å²) in [6, 6.07) is 20.5. The van der Waals surface area contributed by atoms with Gasteiger partial charge in [0.1, 0.15) is 11.5 Å². The smallest absolute Gasteiger partial charge is 0.177 e. The standard InChI is InChI=1S/C28H30N2O4.CHN/c1-30(20-13-14-20)17-21-24(18-9-5-3-6-10-18)28(19-11-7-4-8-12-19)27(32,26(21)31)25-22(33-2)15-29-16-23(25)34-28;1-2/h3-12,15-16,20-21,24,26,31-32H,13-14,17H2,1-2H3;1H/t21-,24-,26-,27+,28+;/m1./s1. The Kier molecular flexibility index (Phi) is 6.21. The maximum Gasteiger partial charge on any atom is 0.177 e. The molecule has 0 saturated heterocycles. The number of methoxy groups -OCH3 is 1. The largest absolute Gasteiger partial charge is 0.495 e. The van der Waals surface area contributed by atoms with Crippen molar-refractivity contribution >= 4 is 0 Å². The molecule has 2 aromatic carbocycles. The molecule has 3 aliphatic rings. The van der Waals surface area contributed by atoms with Gasteiger partial charge in [-0.3, -0.25) is 4.98 Å². The molecule has 2 aliphatic carbocycles. The average molecular weight is 486 g/mol. The molecule has 7 heteroatoms. The molecule has 2 heterocycles. The van der Waals surface area contributed by atoms with Crippen LogP contribution in [0.2, 0.25) is 0 Å². The van der Waals surface area contributed by atoms with E-state index in [2.05, 4.69) is 35.6 Å². The van der Waals surface area contributed by atoms with Crippen LogP contribution in [0.5, 0.6) is 11.5 Å². The number of nitriles is 1. The zero-order valence-electron chi connectivity index (χ0n) is 20.5. The number of ether oxygens (including phenoxy) is 2. The molecule has 2 N–H and O–H groups in total. The van der Waals surface area contributed by atoms with Crippen LogP contribution in [-0.4, -0.2) is 52.9 Å². The summed E-state index contributed by atoms with van der Waals surface area (Å²) >= 11 is 0. The first-order valence-corrected chi connectivity index (χ1v) is 12.2. The fourth-order valence-electron chi connectivity index (χ4n) is 6.42. The molecule has 0 amide bonds. The number of benzene rings is 2. The van der Waals surface area contributed by atoms with Gasteiger partial charge >= 0.3 is 0 Å². The van der Waals surface area contributed by atoms with E-state index in [4.69, 9.17) is 14.7 Å². The van der Waals surface area contributed by atoms with E-state index in [1.54, 1.807) is 19.5 Å². The van der Waals surface area contributed by atoms with Crippen molar-refractivity contribution in [1.29, 1.82) is 5.26 Å². The number of aliphatic hydroxyl groups excluding tert-OH is 1. The van der Waals surface area contributed by atoms with Gasteiger partial charge in [-0.2, -0.15) is 0 Å². The van der Waals surface area contributed by atoms with Crippen LogP contribution >= 0.6 is 0 Å². The molecule has 6 rings (SSSR count). The second kappa shape index (κ2) is 9.21. The molecular formula is C29H31N3O4. The van der Waals surface area contributed by atoms with Gasteiger partial charge in [-0.05, 0) is 31.0 Å². The second-order valence-electron chi connectivity index (χ2n) is 9.85. The van der Waals surface area contributed by atoms with Gasteiger partial charge in [0.05, 0.1) is 31.2 Å². The van der Waals surface area contributed by atoms with E-state index in [9.17, 15) is 10.2 Å². The molecule has 36 heavy (non-hydrogen) atoms. The van der Waals surface area contributed by atoms with Crippen molar-refractivity contribution < 1.29 is 19.7 Å². The predicted molar refractivity (Wildman–Crippen MR) is 134 cm³/mol. The van der Waals surface area contributed by atoms with E-state index >= 15 is 0 Å². The SMILES string of the molecule is C#N.COc1cncc2c1[C@]1(O)[C@H](O)[C@H](CN(C)C3CC3)[C@@H](c3ccccc3)[C@]1(c1ccccc1)O2. The summed E-state index contributed by atoms with van der Waals surface area (Å²) in [5.41, 5.74) is -0.662. The van der Waals surface area contributed by atoms with Gasteiger partial charge in [0.2, 0.25) is 0 Å². The Balaban J connectivity index is 0.00000130. The number of hydrogen-bond donors (Lipinski definition) is 2. The molecule has 2 fully saturated rings. The van der Waals surface area contributed by atoms with Crippen LogP contribution < -0.4 is 9.47 Å². The molecule has 1 aliphatic heterocycles. The summed E-state index contributed by atoms with van der Waals surface area (Å²) in [6.45, 7) is 4.15. The van der Waals surface area contributed by atoms with Gasteiger partial charge < -0.3 is 24.6 Å². The van der Waals surface area contributed by atoms with Crippen molar-refractivity contribution in [2.24, 2.45) is 5.92 Å². The summed E-state index contributed by atoms with van der Waals surface area (Å²) in [4.78, 5) is 6.60. The first-order chi connectivity index (χ1) is 17.5. The topological polar surface area (TPSA) is 98.8 Å². The second-order valence-corrected chi connectivity index (χ2v) is 9.85. The molecule has 5 atom stereocenters. The zero-order valence-corrected chi connectivity index (χ0v) is 20.5. The van der Waals surface area contributed by atoms with E-state index in [0.29, 0.717) is 29.6 Å². The van der Waals surface area contributed by atoms with Crippen molar-refractivity contribution in [3.63, 3.8) is 0 Å². The maximum atomic E-state index is 12.7. The summed E-state index contributed by atoms with van der Waals surface area (Å²) in [7, 11) is 3.66. The number of pyridine rings is 1. The summed E-state index contributed by atoms with van der Waals surface area (Å²) in [5.74, 6) is 0.276. The van der Waals surface area contributed by atoms with E-state index in [-0.39, 0.29) is 11.8 Å². The zero-order chi connectivity index (χ0) is 25.5. The van der Waals surface area contributed by atoms with Crippen LogP contribution in [0.1, 0.15) is 35.4 Å². The predicted octanol–water partition coefficient (Wildman–Crippen LogP) is 3.57. The lowest BCUT2D eigenvalue weighted by Gasteiger charge is -2.41. The minimum atomic E-state index is -1.73. The normalized spacial score (nSPS) is 30.0. The van der Waals surface area contributed by atoms with Crippen LogP contribution in [0.3, 0.4) is 0 Å². The first kappa shape index (κ1) is 24.3. The number of aromatic nitrogens is 1. The lowest BCUT2D eigenvalue weighted by atomic mass is 9.70. The van der Waals surface area contributed by atoms with Crippen LogP contribution in [0.25, 0.3) is 0 Å². The van der Waals surface area contributed by atoms with Crippen LogP contribution in [0.4, 0.5) is 0 Å². The molecular weight excluding hydrogens is 454 g/mol. The summed E-state index contributed by atoms with van der Waals surface area (Å²) in [5, 5.41) is 31.3. The summed E-state index contributed by atoms with van der Waals surface area (Å²) < 4.78 is 12.4. The third kappa shape index (κ3) is 3.33. The van der Waals surface area contributed by atoms with Crippen molar-refractivity contribution in [2.45, 2.75) is 42.1 Å². The van der Waals surface area contributed by atoms with Crippen LogP contribution in [0.15, 0.2) is 73.1 Å². The highest BCUT2D eigenvalue weighted by molar-refractivity contribution is 5.59. The number of fused-ring (bicyclic) bond motifs is 3. The minimum Gasteiger partial charge on any atom is -0.495 e. The van der Waals surface area contributed by atoms with Crippen molar-refractivity contribution in [2.75, 3.05) is 20.7 Å². The molecule has 0 spiro atoms. The molecule has 2 saturated carbocycles.